The summed E-state index contributed by atoms with van der Waals surface area (Å²) >= 11 is 0. The second-order valence-electron chi connectivity index (χ2n) is 7.05. The number of nitrogens with one attached hydrogen (secondary N) is 1. The third-order valence-corrected chi connectivity index (χ3v) is 6.88. The predicted molar refractivity (Wildman–Crippen MR) is 115 cm³/mol. The highest BCUT2D eigenvalue weighted by Crippen LogP contribution is 2.22. The number of sulfone groups is 1. The average Bonchev–Trinajstić information content (AvgIpc) is 2.78. The van der Waals surface area contributed by atoms with Crippen molar-refractivity contribution in [2.45, 2.75) is 36.6 Å². The molecule has 0 saturated heterocycles. The first-order chi connectivity index (χ1) is 14.8. The van der Waals surface area contributed by atoms with Gasteiger partial charge in [0.2, 0.25) is 5.91 Å². The van der Waals surface area contributed by atoms with E-state index in [0.29, 0.717) is 12.4 Å². The van der Waals surface area contributed by atoms with Crippen molar-refractivity contribution < 1.29 is 22.3 Å². The fraction of sp³-hybridized carbons (Fsp3) is 0.217. The predicted octanol–water partition coefficient (Wildman–Crippen LogP) is 3.84. The first-order valence-electron chi connectivity index (χ1n) is 9.70. The van der Waals surface area contributed by atoms with E-state index < -0.39 is 32.9 Å². The van der Waals surface area contributed by atoms with E-state index in [4.69, 9.17) is 4.74 Å². The Labute approximate surface area is 181 Å². The van der Waals surface area contributed by atoms with Crippen LogP contribution in [0.25, 0.3) is 0 Å². The van der Waals surface area contributed by atoms with Crippen molar-refractivity contribution in [3.63, 3.8) is 0 Å². The van der Waals surface area contributed by atoms with Gasteiger partial charge in [-0.25, -0.2) is 12.8 Å². The lowest BCUT2D eigenvalue weighted by atomic mass is 10.1. The summed E-state index contributed by atoms with van der Waals surface area (Å²) in [5.41, 5.74) is 1.55. The maximum Gasteiger partial charge on any atom is 0.238 e. The molecule has 3 rings (SSSR count). The fourth-order valence-electron chi connectivity index (χ4n) is 2.90. The molecule has 6 nitrogen and oxygen atoms in total. The van der Waals surface area contributed by atoms with Gasteiger partial charge in [0.15, 0.2) is 9.84 Å². The number of nitrogens with zero attached hydrogens (tertiary/aromatic N) is 1. The van der Waals surface area contributed by atoms with E-state index in [1.807, 2.05) is 24.3 Å². The Balaban J connectivity index is 1.65. The van der Waals surface area contributed by atoms with Gasteiger partial charge >= 0.3 is 0 Å². The Bertz CT molecular complexity index is 1140. The molecule has 1 amide bonds. The standard InChI is InChI=1S/C23H23FN2O4S/c1-16(18-6-5-8-21(14-18)30-15-20-7-3-4-13-25-20)26-23(27)17(2)31(28,29)22-11-9-19(24)10-12-22/h3-14,16-17H,15H2,1-2H3,(H,26,27). The van der Waals surface area contributed by atoms with Crippen LogP contribution in [0.2, 0.25) is 0 Å². The van der Waals surface area contributed by atoms with Crippen molar-refractivity contribution >= 4 is 15.7 Å². The molecule has 0 aliphatic rings. The van der Waals surface area contributed by atoms with E-state index in [1.165, 1.54) is 6.92 Å². The van der Waals surface area contributed by atoms with Crippen LogP contribution in [0, 0.1) is 5.82 Å². The smallest absolute Gasteiger partial charge is 0.238 e. The van der Waals surface area contributed by atoms with Crippen LogP contribution in [-0.2, 0) is 21.2 Å². The molecule has 1 aromatic heterocycles. The Morgan fingerprint density at radius 2 is 1.81 bits per heavy atom. The van der Waals surface area contributed by atoms with Crippen molar-refractivity contribution in [3.05, 3.63) is 90.0 Å². The Morgan fingerprint density at radius 3 is 2.48 bits per heavy atom. The normalized spacial score (nSPS) is 13.3. The minimum atomic E-state index is -3.94. The fourth-order valence-corrected chi connectivity index (χ4v) is 4.17. The molecule has 162 valence electrons. The molecule has 2 atom stereocenters. The molecule has 0 bridgehead atoms. The number of hydrogen-bond acceptors (Lipinski definition) is 5. The summed E-state index contributed by atoms with van der Waals surface area (Å²) < 4.78 is 44.2. The van der Waals surface area contributed by atoms with Crippen LogP contribution in [-0.4, -0.2) is 24.6 Å². The minimum absolute atomic E-state index is 0.103. The number of rotatable bonds is 8. The highest BCUT2D eigenvalue weighted by Gasteiger charge is 2.30. The number of aromatic nitrogens is 1. The molecule has 2 aromatic carbocycles. The van der Waals surface area contributed by atoms with Gasteiger partial charge in [0.25, 0.3) is 0 Å². The number of carbonyl (C=O) groups is 1. The molecule has 1 N–H and O–H groups in total. The molecular weight excluding hydrogens is 419 g/mol. The summed E-state index contributed by atoms with van der Waals surface area (Å²) in [6, 6.07) is 16.7. The molecular formula is C23H23FN2O4S. The summed E-state index contributed by atoms with van der Waals surface area (Å²) in [6.45, 7) is 3.37. The molecule has 1 heterocycles. The van der Waals surface area contributed by atoms with E-state index in [-0.39, 0.29) is 4.90 Å². The number of carbonyl (C=O) groups excluding carboxylic acids is 1. The molecule has 0 saturated carbocycles. The van der Waals surface area contributed by atoms with Crippen molar-refractivity contribution in [1.29, 1.82) is 0 Å². The highest BCUT2D eigenvalue weighted by molar-refractivity contribution is 7.92. The monoisotopic (exact) mass is 442 g/mol. The van der Waals surface area contributed by atoms with Crippen molar-refractivity contribution in [3.8, 4) is 5.75 Å². The third kappa shape index (κ3) is 5.67. The second kappa shape index (κ2) is 9.70. The lowest BCUT2D eigenvalue weighted by molar-refractivity contribution is -0.121. The van der Waals surface area contributed by atoms with Crippen LogP contribution in [0.15, 0.2) is 77.8 Å². The van der Waals surface area contributed by atoms with E-state index >= 15 is 0 Å². The van der Waals surface area contributed by atoms with Crippen LogP contribution >= 0.6 is 0 Å². The minimum Gasteiger partial charge on any atom is -0.487 e. The Kier molecular flexibility index (Phi) is 7.02. The molecule has 0 radical (unpaired) electrons. The van der Waals surface area contributed by atoms with Crippen LogP contribution in [0.5, 0.6) is 5.75 Å². The SMILES string of the molecule is CC(NC(=O)C(C)S(=O)(=O)c1ccc(F)cc1)c1cccc(OCc2ccccn2)c1. The van der Waals surface area contributed by atoms with Crippen LogP contribution in [0.1, 0.15) is 31.1 Å². The van der Waals surface area contributed by atoms with Gasteiger partial charge in [0.05, 0.1) is 16.6 Å². The quantitative estimate of drug-likeness (QED) is 0.536. The first-order valence-corrected chi connectivity index (χ1v) is 11.2. The second-order valence-corrected chi connectivity index (χ2v) is 9.32. The van der Waals surface area contributed by atoms with E-state index in [9.17, 15) is 17.6 Å². The van der Waals surface area contributed by atoms with Gasteiger partial charge in [-0.2, -0.15) is 0 Å². The topological polar surface area (TPSA) is 85.4 Å². The highest BCUT2D eigenvalue weighted by atomic mass is 32.2. The zero-order valence-corrected chi connectivity index (χ0v) is 18.0. The largest absolute Gasteiger partial charge is 0.487 e. The Hall–Kier alpha value is -3.26. The number of halogens is 1. The summed E-state index contributed by atoms with van der Waals surface area (Å²) in [7, 11) is -3.94. The number of benzene rings is 2. The number of pyridine rings is 1. The van der Waals surface area contributed by atoms with Crippen LogP contribution in [0.4, 0.5) is 4.39 Å². The van der Waals surface area contributed by atoms with Crippen molar-refractivity contribution in [1.82, 2.24) is 10.3 Å². The molecule has 3 aromatic rings. The van der Waals surface area contributed by atoms with Crippen LogP contribution < -0.4 is 10.1 Å². The van der Waals surface area contributed by atoms with Crippen molar-refractivity contribution in [2.75, 3.05) is 0 Å². The maximum atomic E-state index is 13.1. The number of ether oxygens (including phenoxy) is 1. The first kappa shape index (κ1) is 22.4. The van der Waals surface area contributed by atoms with Gasteiger partial charge in [-0.15, -0.1) is 0 Å². The maximum absolute atomic E-state index is 13.1. The molecule has 2 unspecified atom stereocenters. The zero-order valence-electron chi connectivity index (χ0n) is 17.2. The summed E-state index contributed by atoms with van der Waals surface area (Å²) in [5, 5.41) is 1.39. The van der Waals surface area contributed by atoms with Gasteiger partial charge < -0.3 is 10.1 Å². The average molecular weight is 443 g/mol. The van der Waals surface area contributed by atoms with E-state index in [1.54, 1.807) is 31.3 Å². The van der Waals surface area contributed by atoms with E-state index in [0.717, 1.165) is 35.5 Å². The molecule has 8 heteroatoms. The summed E-state index contributed by atoms with van der Waals surface area (Å²) in [5.74, 6) is -0.581. The lowest BCUT2D eigenvalue weighted by Gasteiger charge is -2.19. The summed E-state index contributed by atoms with van der Waals surface area (Å²) in [4.78, 5) is 16.7. The molecule has 0 aliphatic carbocycles. The Morgan fingerprint density at radius 1 is 1.06 bits per heavy atom. The van der Waals surface area contributed by atoms with E-state index in [2.05, 4.69) is 10.3 Å². The number of hydrogen-bond donors (Lipinski definition) is 1. The third-order valence-electron chi connectivity index (χ3n) is 4.81. The molecule has 0 spiro atoms. The molecule has 31 heavy (non-hydrogen) atoms. The van der Waals surface area contributed by atoms with Gasteiger partial charge in [-0.1, -0.05) is 18.2 Å². The molecule has 0 fully saturated rings. The van der Waals surface area contributed by atoms with Gasteiger partial charge in [-0.05, 0) is 67.9 Å². The lowest BCUT2D eigenvalue weighted by Crippen LogP contribution is -2.39. The van der Waals surface area contributed by atoms with Gasteiger partial charge in [-0.3, -0.25) is 9.78 Å². The molecule has 0 aliphatic heterocycles. The van der Waals surface area contributed by atoms with Crippen LogP contribution in [0.3, 0.4) is 0 Å². The van der Waals surface area contributed by atoms with Gasteiger partial charge in [0.1, 0.15) is 23.4 Å². The summed E-state index contributed by atoms with van der Waals surface area (Å²) in [6.07, 6.45) is 1.69. The van der Waals surface area contributed by atoms with Gasteiger partial charge in [0, 0.05) is 6.20 Å². The number of amides is 1. The van der Waals surface area contributed by atoms with Crippen molar-refractivity contribution in [2.24, 2.45) is 0 Å². The zero-order chi connectivity index (χ0) is 22.4.